The molecule has 1 atom stereocenters. The van der Waals surface area contributed by atoms with Crippen molar-refractivity contribution in [1.82, 2.24) is 0 Å². The highest BCUT2D eigenvalue weighted by Crippen LogP contribution is 2.02. The molecular weight excluding hydrogens is 216 g/mol. The zero-order valence-electron chi connectivity index (χ0n) is 10.0. The van der Waals surface area contributed by atoms with Crippen LogP contribution in [0.4, 0.5) is 0 Å². The molecule has 0 bridgehead atoms. The molecule has 0 amide bonds. The third-order valence-electron chi connectivity index (χ3n) is 2.38. The molecule has 0 aliphatic carbocycles. The van der Waals surface area contributed by atoms with Gasteiger partial charge in [-0.2, -0.15) is 0 Å². The van der Waals surface area contributed by atoms with Crippen LogP contribution in [-0.4, -0.2) is 23.8 Å². The molecule has 0 heterocycles. The number of rotatable bonds is 6. The van der Waals surface area contributed by atoms with Gasteiger partial charge in [-0.25, -0.2) is 4.79 Å². The maximum Gasteiger partial charge on any atom is 0.330 e. The number of ether oxygens (including phenoxy) is 1. The third kappa shape index (κ3) is 5.88. The van der Waals surface area contributed by atoms with Crippen molar-refractivity contribution in [2.75, 3.05) is 6.61 Å². The molecule has 0 radical (unpaired) electrons. The molecule has 3 heteroatoms. The summed E-state index contributed by atoms with van der Waals surface area (Å²) in [5, 5.41) is 9.27. The predicted octanol–water partition coefficient (Wildman–Crippen LogP) is 2.40. The van der Waals surface area contributed by atoms with Gasteiger partial charge in [0.15, 0.2) is 0 Å². The Bertz CT molecular complexity index is 357. The van der Waals surface area contributed by atoms with E-state index in [0.29, 0.717) is 12.8 Å². The molecule has 0 aliphatic heterocycles. The normalized spacial score (nSPS) is 12.6. The monoisotopic (exact) mass is 234 g/mol. The van der Waals surface area contributed by atoms with E-state index in [1.807, 2.05) is 37.3 Å². The first kappa shape index (κ1) is 13.5. The van der Waals surface area contributed by atoms with Crippen LogP contribution in [0.5, 0.6) is 0 Å². The summed E-state index contributed by atoms with van der Waals surface area (Å²) in [6.07, 6.45) is 3.88. The van der Waals surface area contributed by atoms with Gasteiger partial charge in [0.25, 0.3) is 0 Å². The summed E-state index contributed by atoms with van der Waals surface area (Å²) in [6, 6.07) is 9.54. The van der Waals surface area contributed by atoms with E-state index in [2.05, 4.69) is 0 Å². The van der Waals surface area contributed by atoms with Crippen molar-refractivity contribution in [3.63, 3.8) is 0 Å². The van der Waals surface area contributed by atoms with Crippen LogP contribution in [0.3, 0.4) is 0 Å². The van der Waals surface area contributed by atoms with Crippen LogP contribution in [0.15, 0.2) is 36.4 Å². The molecule has 17 heavy (non-hydrogen) atoms. The highest BCUT2D eigenvalue weighted by Gasteiger charge is 2.02. The highest BCUT2D eigenvalue weighted by atomic mass is 16.5. The number of hydrogen-bond donors (Lipinski definition) is 1. The minimum atomic E-state index is -0.388. The minimum absolute atomic E-state index is 0.257. The maximum absolute atomic E-state index is 11.3. The van der Waals surface area contributed by atoms with Gasteiger partial charge in [0.1, 0.15) is 0 Å². The average Bonchev–Trinajstić information content (AvgIpc) is 2.37. The van der Waals surface area contributed by atoms with Gasteiger partial charge in [0.2, 0.25) is 0 Å². The van der Waals surface area contributed by atoms with Crippen molar-refractivity contribution in [1.29, 1.82) is 0 Å². The van der Waals surface area contributed by atoms with E-state index < -0.39 is 0 Å². The van der Waals surface area contributed by atoms with Gasteiger partial charge in [-0.05, 0) is 18.1 Å². The van der Waals surface area contributed by atoms with Crippen LogP contribution in [0.1, 0.15) is 25.3 Å². The Balaban J connectivity index is 2.28. The molecule has 0 saturated heterocycles. The molecule has 3 nitrogen and oxygen atoms in total. The quantitative estimate of drug-likeness (QED) is 0.607. The Morgan fingerprint density at radius 1 is 1.41 bits per heavy atom. The van der Waals surface area contributed by atoms with E-state index in [4.69, 9.17) is 4.74 Å². The fourth-order valence-corrected chi connectivity index (χ4v) is 1.28. The molecule has 0 spiro atoms. The standard InChI is InChI=1S/C14H18O3/c1-2-13(15)10-11-17-14(16)9-8-12-6-4-3-5-7-12/h3-9,13,15H,2,10-11H2,1H3/b9-8+. The van der Waals surface area contributed by atoms with E-state index in [-0.39, 0.29) is 18.7 Å². The summed E-state index contributed by atoms with van der Waals surface area (Å²) in [6.45, 7) is 2.15. The van der Waals surface area contributed by atoms with E-state index in [1.54, 1.807) is 6.08 Å². The van der Waals surface area contributed by atoms with Gasteiger partial charge in [-0.15, -0.1) is 0 Å². The number of hydrogen-bond acceptors (Lipinski definition) is 3. The number of esters is 1. The van der Waals surface area contributed by atoms with Crippen molar-refractivity contribution in [2.45, 2.75) is 25.9 Å². The van der Waals surface area contributed by atoms with Crippen LogP contribution >= 0.6 is 0 Å². The minimum Gasteiger partial charge on any atom is -0.462 e. The van der Waals surface area contributed by atoms with Crippen molar-refractivity contribution in [2.24, 2.45) is 0 Å². The smallest absolute Gasteiger partial charge is 0.330 e. The zero-order valence-corrected chi connectivity index (χ0v) is 10.0. The number of carbonyl (C=O) groups excluding carboxylic acids is 1. The lowest BCUT2D eigenvalue weighted by atomic mass is 10.2. The SMILES string of the molecule is CCC(O)CCOC(=O)/C=C/c1ccccc1. The number of aliphatic hydroxyl groups is 1. The first-order valence-corrected chi connectivity index (χ1v) is 5.80. The molecule has 0 aromatic heterocycles. The molecule has 0 aliphatic rings. The van der Waals surface area contributed by atoms with Crippen molar-refractivity contribution in [3.8, 4) is 0 Å². The second-order valence-corrected chi connectivity index (χ2v) is 3.76. The first-order chi connectivity index (χ1) is 8.22. The second kappa shape index (κ2) is 7.63. The third-order valence-corrected chi connectivity index (χ3v) is 2.38. The van der Waals surface area contributed by atoms with Crippen LogP contribution in [-0.2, 0) is 9.53 Å². The van der Waals surface area contributed by atoms with Gasteiger partial charge in [-0.1, -0.05) is 37.3 Å². The molecule has 1 aromatic carbocycles. The van der Waals surface area contributed by atoms with Gasteiger partial charge in [-0.3, -0.25) is 0 Å². The molecule has 1 N–H and O–H groups in total. The summed E-state index contributed by atoms with van der Waals surface area (Å²) in [4.78, 5) is 11.3. The summed E-state index contributed by atoms with van der Waals surface area (Å²) in [5.41, 5.74) is 0.957. The molecule has 92 valence electrons. The predicted molar refractivity (Wildman–Crippen MR) is 67.3 cm³/mol. The van der Waals surface area contributed by atoms with Gasteiger partial charge < -0.3 is 9.84 Å². The molecule has 0 saturated carbocycles. The molecule has 0 fully saturated rings. The van der Waals surface area contributed by atoms with E-state index in [0.717, 1.165) is 5.56 Å². The summed E-state index contributed by atoms with van der Waals surface area (Å²) in [7, 11) is 0. The van der Waals surface area contributed by atoms with Crippen LogP contribution in [0.25, 0.3) is 6.08 Å². The number of carbonyl (C=O) groups is 1. The highest BCUT2D eigenvalue weighted by molar-refractivity contribution is 5.86. The van der Waals surface area contributed by atoms with Crippen molar-refractivity contribution < 1.29 is 14.6 Å². The Hall–Kier alpha value is -1.61. The topological polar surface area (TPSA) is 46.5 Å². The number of aliphatic hydroxyl groups excluding tert-OH is 1. The van der Waals surface area contributed by atoms with Crippen LogP contribution < -0.4 is 0 Å². The van der Waals surface area contributed by atoms with Gasteiger partial charge in [0, 0.05) is 12.5 Å². The Labute approximate surface area is 102 Å². The fraction of sp³-hybridized carbons (Fsp3) is 0.357. The van der Waals surface area contributed by atoms with Gasteiger partial charge >= 0.3 is 5.97 Å². The van der Waals surface area contributed by atoms with Crippen LogP contribution in [0.2, 0.25) is 0 Å². The molecular formula is C14H18O3. The van der Waals surface area contributed by atoms with E-state index in [1.165, 1.54) is 6.08 Å². The lowest BCUT2D eigenvalue weighted by Crippen LogP contribution is -2.11. The lowest BCUT2D eigenvalue weighted by Gasteiger charge is -2.06. The molecule has 1 rings (SSSR count). The Morgan fingerprint density at radius 2 is 2.12 bits per heavy atom. The van der Waals surface area contributed by atoms with E-state index in [9.17, 15) is 9.90 Å². The second-order valence-electron chi connectivity index (χ2n) is 3.76. The zero-order chi connectivity index (χ0) is 12.5. The summed E-state index contributed by atoms with van der Waals surface area (Å²) in [5.74, 6) is -0.378. The number of benzene rings is 1. The summed E-state index contributed by atoms with van der Waals surface area (Å²) < 4.78 is 4.95. The average molecular weight is 234 g/mol. The van der Waals surface area contributed by atoms with Crippen molar-refractivity contribution >= 4 is 12.0 Å². The Kier molecular flexibility index (Phi) is 6.04. The summed E-state index contributed by atoms with van der Waals surface area (Å²) >= 11 is 0. The lowest BCUT2D eigenvalue weighted by molar-refractivity contribution is -0.138. The largest absolute Gasteiger partial charge is 0.462 e. The van der Waals surface area contributed by atoms with Crippen LogP contribution in [0, 0.1) is 0 Å². The molecule has 1 unspecified atom stereocenters. The van der Waals surface area contributed by atoms with Crippen molar-refractivity contribution in [3.05, 3.63) is 42.0 Å². The molecule has 1 aromatic rings. The Morgan fingerprint density at radius 3 is 2.76 bits per heavy atom. The fourth-order valence-electron chi connectivity index (χ4n) is 1.28. The maximum atomic E-state index is 11.3. The van der Waals surface area contributed by atoms with Gasteiger partial charge in [0.05, 0.1) is 12.7 Å². The van der Waals surface area contributed by atoms with E-state index >= 15 is 0 Å². The first-order valence-electron chi connectivity index (χ1n) is 5.80.